The van der Waals surface area contributed by atoms with E-state index in [1.165, 1.54) is 6.07 Å². The number of benzene rings is 1. The summed E-state index contributed by atoms with van der Waals surface area (Å²) in [5.41, 5.74) is 6.15. The minimum absolute atomic E-state index is 0.0190. The molecule has 0 aliphatic rings. The zero-order chi connectivity index (χ0) is 12.7. The molecule has 0 unspecified atom stereocenters. The van der Waals surface area contributed by atoms with Crippen LogP contribution in [-0.4, -0.2) is 23.0 Å². The van der Waals surface area contributed by atoms with Crippen LogP contribution >= 0.6 is 11.8 Å². The average Bonchev–Trinajstić information content (AvgIpc) is 2.34. The molecule has 1 aromatic carbocycles. The Morgan fingerprint density at radius 2 is 2.29 bits per heavy atom. The van der Waals surface area contributed by atoms with Crippen LogP contribution in [-0.2, 0) is 6.54 Å². The van der Waals surface area contributed by atoms with Crippen LogP contribution in [0.15, 0.2) is 18.2 Å². The second kappa shape index (κ2) is 7.13. The largest absolute Gasteiger partial charge is 0.486 e. The summed E-state index contributed by atoms with van der Waals surface area (Å²) in [4.78, 5) is 10.4. The van der Waals surface area contributed by atoms with E-state index in [2.05, 4.69) is 6.92 Å². The highest BCUT2D eigenvalue weighted by Gasteiger charge is 2.15. The molecule has 2 N–H and O–H groups in total. The summed E-state index contributed by atoms with van der Waals surface area (Å²) < 4.78 is 5.40. The molecule has 0 saturated heterocycles. The quantitative estimate of drug-likeness (QED) is 0.459. The van der Waals surface area contributed by atoms with Gasteiger partial charge in [0.25, 0.3) is 0 Å². The number of nitro groups is 1. The van der Waals surface area contributed by atoms with Crippen molar-refractivity contribution in [2.45, 2.75) is 13.5 Å². The van der Waals surface area contributed by atoms with Crippen LogP contribution in [0.3, 0.4) is 0 Å². The van der Waals surface area contributed by atoms with Crippen LogP contribution in [0.2, 0.25) is 0 Å². The van der Waals surface area contributed by atoms with Gasteiger partial charge in [0.15, 0.2) is 5.75 Å². The summed E-state index contributed by atoms with van der Waals surface area (Å²) in [5.74, 6) is 2.15. The third-order valence-electron chi connectivity index (χ3n) is 2.15. The van der Waals surface area contributed by atoms with Crippen molar-refractivity contribution in [3.05, 3.63) is 33.9 Å². The maximum absolute atomic E-state index is 10.9. The Labute approximate surface area is 104 Å². The molecule has 0 fully saturated rings. The van der Waals surface area contributed by atoms with Crippen LogP contribution in [0.4, 0.5) is 5.69 Å². The summed E-state index contributed by atoms with van der Waals surface area (Å²) in [5, 5.41) is 10.9. The molecule has 17 heavy (non-hydrogen) atoms. The smallest absolute Gasteiger partial charge is 0.311 e. The van der Waals surface area contributed by atoms with Gasteiger partial charge < -0.3 is 10.5 Å². The number of thioether (sulfide) groups is 1. The Balaban J connectivity index is 2.73. The van der Waals surface area contributed by atoms with E-state index in [9.17, 15) is 10.1 Å². The highest BCUT2D eigenvalue weighted by Crippen LogP contribution is 2.27. The summed E-state index contributed by atoms with van der Waals surface area (Å²) in [6, 6.07) is 4.81. The third-order valence-corrected chi connectivity index (χ3v) is 3.01. The van der Waals surface area contributed by atoms with Gasteiger partial charge in [-0.05, 0) is 17.4 Å². The number of nitrogens with two attached hydrogens (primary N) is 1. The van der Waals surface area contributed by atoms with Crippen LogP contribution in [0.25, 0.3) is 0 Å². The fourth-order valence-corrected chi connectivity index (χ4v) is 1.80. The molecule has 0 aliphatic heterocycles. The summed E-state index contributed by atoms with van der Waals surface area (Å²) >= 11 is 1.73. The van der Waals surface area contributed by atoms with Gasteiger partial charge in [-0.2, -0.15) is 11.8 Å². The molecule has 0 atom stereocenters. The van der Waals surface area contributed by atoms with Crippen LogP contribution in [0.5, 0.6) is 5.75 Å². The fourth-order valence-electron chi connectivity index (χ4n) is 1.31. The molecule has 0 radical (unpaired) electrons. The lowest BCUT2D eigenvalue weighted by Gasteiger charge is -2.07. The minimum atomic E-state index is -0.443. The van der Waals surface area contributed by atoms with Crippen molar-refractivity contribution in [1.29, 1.82) is 0 Å². The van der Waals surface area contributed by atoms with Crippen LogP contribution in [0.1, 0.15) is 12.5 Å². The van der Waals surface area contributed by atoms with Crippen molar-refractivity contribution in [2.75, 3.05) is 18.1 Å². The van der Waals surface area contributed by atoms with E-state index in [-0.39, 0.29) is 12.2 Å². The van der Waals surface area contributed by atoms with Crippen LogP contribution < -0.4 is 10.5 Å². The van der Waals surface area contributed by atoms with Gasteiger partial charge in [0.2, 0.25) is 0 Å². The second-order valence-corrected chi connectivity index (χ2v) is 4.70. The first-order chi connectivity index (χ1) is 8.19. The number of ether oxygens (including phenoxy) is 1. The van der Waals surface area contributed by atoms with E-state index in [1.807, 2.05) is 0 Å². The highest BCUT2D eigenvalue weighted by molar-refractivity contribution is 7.99. The maximum Gasteiger partial charge on any atom is 0.311 e. The molecule has 1 aromatic rings. The van der Waals surface area contributed by atoms with Crippen molar-refractivity contribution in [3.8, 4) is 5.75 Å². The van der Waals surface area contributed by atoms with Gasteiger partial charge in [0.1, 0.15) is 0 Å². The number of nitrogens with zero attached hydrogens (tertiary/aromatic N) is 1. The minimum Gasteiger partial charge on any atom is -0.486 e. The molecule has 0 amide bonds. The van der Waals surface area contributed by atoms with Crippen molar-refractivity contribution in [1.82, 2.24) is 0 Å². The van der Waals surface area contributed by atoms with E-state index in [4.69, 9.17) is 10.5 Å². The van der Waals surface area contributed by atoms with E-state index in [1.54, 1.807) is 23.9 Å². The number of rotatable bonds is 7. The predicted molar refractivity (Wildman–Crippen MR) is 69.5 cm³/mol. The van der Waals surface area contributed by atoms with Crippen LogP contribution in [0, 0.1) is 10.1 Å². The van der Waals surface area contributed by atoms with Crippen molar-refractivity contribution >= 4 is 17.4 Å². The second-order valence-electron chi connectivity index (χ2n) is 3.31. The number of hydrogen-bond acceptors (Lipinski definition) is 5. The van der Waals surface area contributed by atoms with Gasteiger partial charge in [0.05, 0.1) is 11.5 Å². The monoisotopic (exact) mass is 256 g/mol. The molecular weight excluding hydrogens is 240 g/mol. The van der Waals surface area contributed by atoms with Gasteiger partial charge in [-0.15, -0.1) is 0 Å². The molecule has 0 saturated carbocycles. The first kappa shape index (κ1) is 13.8. The summed E-state index contributed by atoms with van der Waals surface area (Å²) in [6.45, 7) is 2.82. The summed E-state index contributed by atoms with van der Waals surface area (Å²) in [7, 11) is 0. The first-order valence-corrected chi connectivity index (χ1v) is 6.52. The van der Waals surface area contributed by atoms with Gasteiger partial charge in [0, 0.05) is 18.4 Å². The molecule has 0 bridgehead atoms. The molecule has 0 aliphatic carbocycles. The maximum atomic E-state index is 10.9. The third kappa shape index (κ3) is 4.24. The van der Waals surface area contributed by atoms with E-state index in [0.717, 1.165) is 17.1 Å². The average molecular weight is 256 g/mol. The molecule has 94 valence electrons. The van der Waals surface area contributed by atoms with E-state index in [0.29, 0.717) is 12.4 Å². The van der Waals surface area contributed by atoms with Crippen molar-refractivity contribution < 1.29 is 9.66 Å². The lowest BCUT2D eigenvalue weighted by atomic mass is 10.2. The van der Waals surface area contributed by atoms with Crippen molar-refractivity contribution in [3.63, 3.8) is 0 Å². The molecular formula is C11H16N2O3S. The molecule has 0 heterocycles. The zero-order valence-corrected chi connectivity index (χ0v) is 10.5. The molecule has 5 nitrogen and oxygen atoms in total. The lowest BCUT2D eigenvalue weighted by molar-refractivity contribution is -0.385. The highest BCUT2D eigenvalue weighted by atomic mass is 32.2. The Bertz CT molecular complexity index is 385. The summed E-state index contributed by atoms with van der Waals surface area (Å²) in [6.07, 6.45) is 0. The Morgan fingerprint density at radius 1 is 1.53 bits per heavy atom. The number of nitro benzene ring substituents is 1. The predicted octanol–water partition coefficient (Wildman–Crippen LogP) is 2.19. The lowest BCUT2D eigenvalue weighted by Crippen LogP contribution is -2.04. The Kier molecular flexibility index (Phi) is 5.79. The molecule has 0 spiro atoms. The SMILES string of the molecule is CCSCCOc1ccc(CN)cc1[N+](=O)[O-]. The number of hydrogen-bond donors (Lipinski definition) is 1. The Hall–Kier alpha value is -1.27. The van der Waals surface area contributed by atoms with Gasteiger partial charge in [-0.3, -0.25) is 10.1 Å². The van der Waals surface area contributed by atoms with Crippen molar-refractivity contribution in [2.24, 2.45) is 5.73 Å². The van der Waals surface area contributed by atoms with Gasteiger partial charge in [-0.25, -0.2) is 0 Å². The van der Waals surface area contributed by atoms with E-state index < -0.39 is 4.92 Å². The van der Waals surface area contributed by atoms with E-state index >= 15 is 0 Å². The normalized spacial score (nSPS) is 10.2. The fraction of sp³-hybridized carbons (Fsp3) is 0.455. The standard InChI is InChI=1S/C11H16N2O3S/c1-2-17-6-5-16-11-4-3-9(8-12)7-10(11)13(14)15/h3-4,7H,2,5-6,8,12H2,1H3. The molecule has 1 rings (SSSR count). The molecule has 6 heteroatoms. The topological polar surface area (TPSA) is 78.4 Å². The zero-order valence-electron chi connectivity index (χ0n) is 9.72. The Morgan fingerprint density at radius 3 is 2.88 bits per heavy atom. The van der Waals surface area contributed by atoms with Gasteiger partial charge in [-0.1, -0.05) is 13.0 Å². The molecule has 0 aromatic heterocycles. The van der Waals surface area contributed by atoms with Gasteiger partial charge >= 0.3 is 5.69 Å². The first-order valence-electron chi connectivity index (χ1n) is 5.37.